The van der Waals surface area contributed by atoms with Crippen molar-refractivity contribution in [2.24, 2.45) is 0 Å². The van der Waals surface area contributed by atoms with E-state index in [0.717, 1.165) is 5.69 Å². The summed E-state index contributed by atoms with van der Waals surface area (Å²) < 4.78 is 6.86. The van der Waals surface area contributed by atoms with Gasteiger partial charge in [-0.15, -0.1) is 0 Å². The topological polar surface area (TPSA) is 56.2 Å². The molecule has 1 aromatic rings. The molecule has 0 aliphatic heterocycles. The van der Waals surface area contributed by atoms with Crippen molar-refractivity contribution in [2.75, 3.05) is 6.61 Å². The lowest BCUT2D eigenvalue weighted by molar-refractivity contribution is -0.146. The van der Waals surface area contributed by atoms with Gasteiger partial charge in [-0.1, -0.05) is 0 Å². The lowest BCUT2D eigenvalue weighted by atomic mass is 10.1. The van der Waals surface area contributed by atoms with Gasteiger partial charge in [0.2, 0.25) is 0 Å². The molecule has 1 atom stereocenters. The van der Waals surface area contributed by atoms with Crippen molar-refractivity contribution in [3.63, 3.8) is 0 Å². The Kier molecular flexibility index (Phi) is 4.90. The summed E-state index contributed by atoms with van der Waals surface area (Å²) in [6.07, 6.45) is 3.44. The van der Waals surface area contributed by atoms with Crippen molar-refractivity contribution < 1.29 is 9.53 Å². The molecule has 1 unspecified atom stereocenters. The van der Waals surface area contributed by atoms with E-state index in [1.807, 2.05) is 11.5 Å². The molecule has 5 nitrogen and oxygen atoms in total. The van der Waals surface area contributed by atoms with E-state index in [-0.39, 0.29) is 17.6 Å². The zero-order chi connectivity index (χ0) is 13.8. The fourth-order valence-electron chi connectivity index (χ4n) is 1.55. The van der Waals surface area contributed by atoms with E-state index >= 15 is 0 Å². The summed E-state index contributed by atoms with van der Waals surface area (Å²) in [6.45, 7) is 11.0. The van der Waals surface area contributed by atoms with Crippen molar-refractivity contribution in [2.45, 2.75) is 52.7 Å². The monoisotopic (exact) mass is 253 g/mol. The number of imidazole rings is 1. The highest BCUT2D eigenvalue weighted by molar-refractivity contribution is 5.73. The Morgan fingerprint density at radius 2 is 2.22 bits per heavy atom. The maximum atomic E-state index is 11.7. The largest absolute Gasteiger partial charge is 0.464 e. The van der Waals surface area contributed by atoms with Gasteiger partial charge in [0, 0.05) is 18.3 Å². The van der Waals surface area contributed by atoms with Crippen molar-refractivity contribution in [3.05, 3.63) is 18.2 Å². The van der Waals surface area contributed by atoms with Gasteiger partial charge in [-0.25, -0.2) is 9.78 Å². The molecule has 102 valence electrons. The summed E-state index contributed by atoms with van der Waals surface area (Å²) in [4.78, 5) is 15.8. The fourth-order valence-corrected chi connectivity index (χ4v) is 1.55. The number of ether oxygens (including phenoxy) is 1. The number of carbonyl (C=O) groups is 1. The lowest BCUT2D eigenvalue weighted by Crippen LogP contribution is -2.36. The van der Waals surface area contributed by atoms with Crippen molar-refractivity contribution in [1.82, 2.24) is 14.9 Å². The molecule has 18 heavy (non-hydrogen) atoms. The van der Waals surface area contributed by atoms with Gasteiger partial charge in [0.25, 0.3) is 0 Å². The van der Waals surface area contributed by atoms with E-state index in [4.69, 9.17) is 4.74 Å². The predicted octanol–water partition coefficient (Wildman–Crippen LogP) is 1.90. The molecule has 0 saturated carbocycles. The number of hydrogen-bond acceptors (Lipinski definition) is 4. The molecule has 0 fully saturated rings. The Hall–Kier alpha value is -1.36. The van der Waals surface area contributed by atoms with Gasteiger partial charge in [0.15, 0.2) is 0 Å². The third-order valence-corrected chi connectivity index (χ3v) is 2.59. The second kappa shape index (κ2) is 6.00. The van der Waals surface area contributed by atoms with E-state index in [1.54, 1.807) is 19.4 Å². The van der Waals surface area contributed by atoms with E-state index in [1.165, 1.54) is 0 Å². The minimum Gasteiger partial charge on any atom is -0.464 e. The summed E-state index contributed by atoms with van der Waals surface area (Å²) in [6, 6.07) is -0.343. The summed E-state index contributed by atoms with van der Waals surface area (Å²) in [7, 11) is 0. The fraction of sp³-hybridized carbons (Fsp3) is 0.692. The zero-order valence-corrected chi connectivity index (χ0v) is 11.9. The van der Waals surface area contributed by atoms with E-state index in [0.29, 0.717) is 13.2 Å². The highest BCUT2D eigenvalue weighted by Crippen LogP contribution is 2.12. The maximum Gasteiger partial charge on any atom is 0.328 e. The Labute approximate surface area is 109 Å². The minimum absolute atomic E-state index is 0.0300. The van der Waals surface area contributed by atoms with Gasteiger partial charge in [-0.3, -0.25) is 0 Å². The van der Waals surface area contributed by atoms with Crippen LogP contribution in [0.5, 0.6) is 0 Å². The van der Waals surface area contributed by atoms with E-state index in [2.05, 4.69) is 31.1 Å². The van der Waals surface area contributed by atoms with Crippen LogP contribution in [-0.4, -0.2) is 27.7 Å². The Bertz CT molecular complexity index is 393. The number of nitrogens with one attached hydrogen (secondary N) is 1. The van der Waals surface area contributed by atoms with Crippen molar-refractivity contribution in [3.8, 4) is 0 Å². The molecule has 5 heteroatoms. The molecule has 0 radical (unpaired) electrons. The molecule has 0 saturated heterocycles. The number of rotatable bonds is 5. The third kappa shape index (κ3) is 4.14. The van der Waals surface area contributed by atoms with Crippen molar-refractivity contribution >= 4 is 5.97 Å². The van der Waals surface area contributed by atoms with Gasteiger partial charge in [0.1, 0.15) is 6.04 Å². The first kappa shape index (κ1) is 14.7. The maximum absolute atomic E-state index is 11.7. The third-order valence-electron chi connectivity index (χ3n) is 2.59. The molecule has 1 heterocycles. The van der Waals surface area contributed by atoms with Gasteiger partial charge in [0.05, 0.1) is 18.6 Å². The second-order valence-electron chi connectivity index (χ2n) is 5.32. The van der Waals surface area contributed by atoms with Crippen LogP contribution in [0.25, 0.3) is 0 Å². The Morgan fingerprint density at radius 1 is 1.56 bits per heavy atom. The van der Waals surface area contributed by atoms with Crippen LogP contribution in [0, 0.1) is 0 Å². The molecule has 1 aromatic heterocycles. The average molecular weight is 253 g/mol. The zero-order valence-electron chi connectivity index (χ0n) is 11.9. The van der Waals surface area contributed by atoms with Crippen LogP contribution >= 0.6 is 0 Å². The molecule has 0 spiro atoms. The van der Waals surface area contributed by atoms with Gasteiger partial charge >= 0.3 is 5.97 Å². The quantitative estimate of drug-likeness (QED) is 0.814. The second-order valence-corrected chi connectivity index (χ2v) is 5.32. The van der Waals surface area contributed by atoms with Crippen LogP contribution < -0.4 is 5.32 Å². The van der Waals surface area contributed by atoms with Crippen LogP contribution in [0.3, 0.4) is 0 Å². The first-order valence-corrected chi connectivity index (χ1v) is 6.27. The minimum atomic E-state index is -0.343. The van der Waals surface area contributed by atoms with E-state index < -0.39 is 0 Å². The molecule has 0 aliphatic carbocycles. The molecule has 1 N–H and O–H groups in total. The first-order valence-electron chi connectivity index (χ1n) is 6.27. The lowest BCUT2D eigenvalue weighted by Gasteiger charge is -2.22. The summed E-state index contributed by atoms with van der Waals surface area (Å²) in [5.74, 6) is -0.229. The standard InChI is InChI=1S/C13H23N3O2/c1-6-18-12(17)10(2)16-9-14-7-11(16)8-15-13(3,4)5/h7,9-10,15H,6,8H2,1-5H3. The first-order chi connectivity index (χ1) is 8.35. The smallest absolute Gasteiger partial charge is 0.328 e. The normalized spacial score (nSPS) is 13.4. The molecular weight excluding hydrogens is 230 g/mol. The van der Waals surface area contributed by atoms with Crippen molar-refractivity contribution in [1.29, 1.82) is 0 Å². The van der Waals surface area contributed by atoms with Crippen LogP contribution in [0.15, 0.2) is 12.5 Å². The predicted molar refractivity (Wildman–Crippen MR) is 70.2 cm³/mol. The number of aromatic nitrogens is 2. The van der Waals surface area contributed by atoms with Crippen LogP contribution in [-0.2, 0) is 16.1 Å². The summed E-state index contributed by atoms with van der Waals surface area (Å²) in [5.41, 5.74) is 1.01. The molecular formula is C13H23N3O2. The molecule has 0 aromatic carbocycles. The number of hydrogen-bond donors (Lipinski definition) is 1. The summed E-state index contributed by atoms with van der Waals surface area (Å²) >= 11 is 0. The molecule has 0 amide bonds. The van der Waals surface area contributed by atoms with Crippen LogP contribution in [0.4, 0.5) is 0 Å². The van der Waals surface area contributed by atoms with Gasteiger partial charge in [-0.2, -0.15) is 0 Å². The molecule has 0 bridgehead atoms. The van der Waals surface area contributed by atoms with Crippen LogP contribution in [0.1, 0.15) is 46.4 Å². The highest BCUT2D eigenvalue weighted by atomic mass is 16.5. The average Bonchev–Trinajstić information content (AvgIpc) is 2.72. The molecule has 1 rings (SSSR count). The Balaban J connectivity index is 2.73. The van der Waals surface area contributed by atoms with Crippen LogP contribution in [0.2, 0.25) is 0 Å². The molecule has 0 aliphatic rings. The number of nitrogens with zero attached hydrogens (tertiary/aromatic N) is 2. The van der Waals surface area contributed by atoms with E-state index in [9.17, 15) is 4.79 Å². The summed E-state index contributed by atoms with van der Waals surface area (Å²) in [5, 5.41) is 3.38. The van der Waals surface area contributed by atoms with Gasteiger partial charge in [-0.05, 0) is 34.6 Å². The Morgan fingerprint density at radius 3 is 2.78 bits per heavy atom. The highest BCUT2D eigenvalue weighted by Gasteiger charge is 2.19. The van der Waals surface area contributed by atoms with Gasteiger partial charge < -0.3 is 14.6 Å². The number of esters is 1. The number of carbonyl (C=O) groups excluding carboxylic acids is 1. The SMILES string of the molecule is CCOC(=O)C(C)n1cncc1CNC(C)(C)C.